The first-order valence-corrected chi connectivity index (χ1v) is 9.54. The molecule has 2 atom stereocenters. The molecule has 4 rings (SSSR count). The van der Waals surface area contributed by atoms with E-state index >= 15 is 0 Å². The van der Waals surface area contributed by atoms with E-state index in [0.29, 0.717) is 16.7 Å². The van der Waals surface area contributed by atoms with Crippen molar-refractivity contribution in [1.29, 1.82) is 0 Å². The monoisotopic (exact) mass is 388 g/mol. The summed E-state index contributed by atoms with van der Waals surface area (Å²) in [6, 6.07) is 21.6. The number of benzene rings is 3. The van der Waals surface area contributed by atoms with Gasteiger partial charge in [-0.25, -0.2) is 4.39 Å². The second-order valence-corrected chi connectivity index (χ2v) is 7.82. The van der Waals surface area contributed by atoms with Gasteiger partial charge in [-0.05, 0) is 43.0 Å². The number of hydrogen-bond donors (Lipinski definition) is 1. The highest BCUT2D eigenvalue weighted by atomic mass is 19.1. The van der Waals surface area contributed by atoms with Gasteiger partial charge in [0.1, 0.15) is 11.4 Å². The van der Waals surface area contributed by atoms with Crippen LogP contribution in [0.3, 0.4) is 0 Å². The van der Waals surface area contributed by atoms with Crippen LogP contribution >= 0.6 is 0 Å². The fourth-order valence-electron chi connectivity index (χ4n) is 4.31. The van der Waals surface area contributed by atoms with Crippen LogP contribution in [0.2, 0.25) is 0 Å². The molecule has 4 heteroatoms. The van der Waals surface area contributed by atoms with Gasteiger partial charge in [0, 0.05) is 11.1 Å². The van der Waals surface area contributed by atoms with Gasteiger partial charge in [-0.1, -0.05) is 66.7 Å². The van der Waals surface area contributed by atoms with Crippen LogP contribution < -0.4 is 0 Å². The highest BCUT2D eigenvalue weighted by molar-refractivity contribution is 6.12. The summed E-state index contributed by atoms with van der Waals surface area (Å²) in [6.07, 6.45) is 0.334. The van der Waals surface area contributed by atoms with Crippen molar-refractivity contribution < 1.29 is 19.1 Å². The molecule has 1 N–H and O–H groups in total. The van der Waals surface area contributed by atoms with Crippen molar-refractivity contribution in [2.45, 2.75) is 25.4 Å². The third kappa shape index (κ3) is 3.10. The lowest BCUT2D eigenvalue weighted by Crippen LogP contribution is -2.61. The lowest BCUT2D eigenvalue weighted by Gasteiger charge is -2.47. The number of rotatable bonds is 4. The second kappa shape index (κ2) is 7.05. The zero-order valence-corrected chi connectivity index (χ0v) is 16.1. The van der Waals surface area contributed by atoms with E-state index in [1.54, 1.807) is 48.5 Å². The van der Waals surface area contributed by atoms with Crippen LogP contribution in [-0.4, -0.2) is 22.3 Å². The van der Waals surface area contributed by atoms with Crippen LogP contribution in [0.5, 0.6) is 0 Å². The van der Waals surface area contributed by atoms with E-state index < -0.39 is 16.8 Å². The van der Waals surface area contributed by atoms with E-state index in [4.69, 9.17) is 0 Å². The molecule has 0 spiro atoms. The SMILES string of the molecule is C[C@@]1(O)C(=O)c2ccccc2C[C@@]1(Cc1ccc(F)cc1)C(=O)c1ccccc1. The molecule has 3 nitrogen and oxygen atoms in total. The summed E-state index contributed by atoms with van der Waals surface area (Å²) in [5.74, 6) is -1.14. The minimum absolute atomic E-state index is 0.119. The minimum atomic E-state index is -1.91. The van der Waals surface area contributed by atoms with Crippen LogP contribution in [0.1, 0.15) is 38.8 Å². The smallest absolute Gasteiger partial charge is 0.195 e. The molecule has 0 radical (unpaired) electrons. The Morgan fingerprint density at radius 3 is 2.28 bits per heavy atom. The third-order valence-electron chi connectivity index (χ3n) is 6.02. The average Bonchev–Trinajstić information content (AvgIpc) is 2.74. The lowest BCUT2D eigenvalue weighted by molar-refractivity contribution is -0.0359. The predicted molar refractivity (Wildman–Crippen MR) is 108 cm³/mol. The maximum Gasteiger partial charge on any atom is 0.195 e. The topological polar surface area (TPSA) is 54.4 Å². The van der Waals surface area contributed by atoms with E-state index in [1.807, 2.05) is 18.2 Å². The summed E-state index contributed by atoms with van der Waals surface area (Å²) in [5.41, 5.74) is -1.03. The van der Waals surface area contributed by atoms with Gasteiger partial charge in [0.25, 0.3) is 0 Å². The Balaban J connectivity index is 1.91. The fraction of sp³-hybridized carbons (Fsp3) is 0.200. The number of carbonyl (C=O) groups excluding carboxylic acids is 2. The van der Waals surface area contributed by atoms with Crippen molar-refractivity contribution >= 4 is 11.6 Å². The van der Waals surface area contributed by atoms with Crippen molar-refractivity contribution in [3.8, 4) is 0 Å². The van der Waals surface area contributed by atoms with Gasteiger partial charge in [-0.3, -0.25) is 9.59 Å². The Morgan fingerprint density at radius 1 is 0.966 bits per heavy atom. The molecule has 29 heavy (non-hydrogen) atoms. The first kappa shape index (κ1) is 19.2. The van der Waals surface area contributed by atoms with Crippen molar-refractivity contribution in [3.63, 3.8) is 0 Å². The van der Waals surface area contributed by atoms with Crippen LogP contribution in [0.25, 0.3) is 0 Å². The first-order valence-electron chi connectivity index (χ1n) is 9.54. The summed E-state index contributed by atoms with van der Waals surface area (Å²) in [6.45, 7) is 1.43. The van der Waals surface area contributed by atoms with E-state index in [2.05, 4.69) is 0 Å². The summed E-state index contributed by atoms with van der Waals surface area (Å²) < 4.78 is 13.4. The Morgan fingerprint density at radius 2 is 1.59 bits per heavy atom. The van der Waals surface area contributed by atoms with Gasteiger partial charge in [0.15, 0.2) is 11.6 Å². The molecule has 0 aliphatic heterocycles. The number of ketones is 2. The molecule has 1 aliphatic carbocycles. The molecule has 0 fully saturated rings. The molecule has 0 heterocycles. The minimum Gasteiger partial charge on any atom is -0.381 e. The van der Waals surface area contributed by atoms with Crippen LogP contribution in [0.4, 0.5) is 4.39 Å². The largest absolute Gasteiger partial charge is 0.381 e. The quantitative estimate of drug-likeness (QED) is 0.673. The average molecular weight is 388 g/mol. The molecule has 1 aliphatic rings. The molecule has 0 saturated heterocycles. The predicted octanol–water partition coefficient (Wildman–Crippen LogP) is 4.43. The standard InChI is InChI=1S/C25H21FO3/c1-24(29)23(28)21-10-6-5-9-19(21)16-25(24,15-17-11-13-20(26)14-12-17)22(27)18-7-3-2-4-8-18/h2-14,29H,15-16H2,1H3/t24-,25+/m1/s1. The van der Waals surface area contributed by atoms with Crippen molar-refractivity contribution in [1.82, 2.24) is 0 Å². The summed E-state index contributed by atoms with van der Waals surface area (Å²) in [4.78, 5) is 27.0. The van der Waals surface area contributed by atoms with Crippen molar-refractivity contribution in [2.24, 2.45) is 5.41 Å². The van der Waals surface area contributed by atoms with E-state index in [-0.39, 0.29) is 24.4 Å². The third-order valence-corrected chi connectivity index (χ3v) is 6.02. The van der Waals surface area contributed by atoms with Crippen LogP contribution in [0.15, 0.2) is 78.9 Å². The Kier molecular flexibility index (Phi) is 4.67. The van der Waals surface area contributed by atoms with E-state index in [9.17, 15) is 19.1 Å². The number of aliphatic hydroxyl groups is 1. The summed E-state index contributed by atoms with van der Waals surface area (Å²) in [5, 5.41) is 11.5. The Hall–Kier alpha value is -3.11. The maximum absolute atomic E-state index is 13.8. The Bertz CT molecular complexity index is 1070. The molecule has 146 valence electrons. The fourth-order valence-corrected chi connectivity index (χ4v) is 4.31. The molecule has 0 saturated carbocycles. The van der Waals surface area contributed by atoms with Gasteiger partial charge in [-0.15, -0.1) is 0 Å². The van der Waals surface area contributed by atoms with Crippen molar-refractivity contribution in [3.05, 3.63) is 107 Å². The number of fused-ring (bicyclic) bond motifs is 1. The molecular formula is C25H21FO3. The van der Waals surface area contributed by atoms with Gasteiger partial charge in [-0.2, -0.15) is 0 Å². The number of hydrogen-bond acceptors (Lipinski definition) is 3. The maximum atomic E-state index is 13.8. The lowest BCUT2D eigenvalue weighted by atomic mass is 9.56. The molecule has 3 aromatic rings. The second-order valence-electron chi connectivity index (χ2n) is 7.82. The normalized spacial score (nSPS) is 23.5. The number of halogens is 1. The van der Waals surface area contributed by atoms with Gasteiger partial charge >= 0.3 is 0 Å². The van der Waals surface area contributed by atoms with Crippen LogP contribution in [0, 0.1) is 11.2 Å². The summed E-state index contributed by atoms with van der Waals surface area (Å²) >= 11 is 0. The molecule has 0 aromatic heterocycles. The molecular weight excluding hydrogens is 367 g/mol. The number of carbonyl (C=O) groups is 2. The zero-order valence-electron chi connectivity index (χ0n) is 16.1. The summed E-state index contributed by atoms with van der Waals surface area (Å²) in [7, 11) is 0. The van der Waals surface area contributed by atoms with Crippen molar-refractivity contribution in [2.75, 3.05) is 0 Å². The van der Waals surface area contributed by atoms with E-state index in [0.717, 1.165) is 5.56 Å². The van der Waals surface area contributed by atoms with Gasteiger partial charge in [0.2, 0.25) is 0 Å². The molecule has 0 amide bonds. The highest BCUT2D eigenvalue weighted by Gasteiger charge is 2.59. The molecule has 3 aromatic carbocycles. The van der Waals surface area contributed by atoms with Gasteiger partial charge in [0.05, 0.1) is 5.41 Å². The van der Waals surface area contributed by atoms with Crippen LogP contribution in [-0.2, 0) is 12.8 Å². The first-order chi connectivity index (χ1) is 13.8. The van der Waals surface area contributed by atoms with Gasteiger partial charge < -0.3 is 5.11 Å². The molecule has 0 unspecified atom stereocenters. The highest BCUT2D eigenvalue weighted by Crippen LogP contribution is 2.47. The van der Waals surface area contributed by atoms with E-state index in [1.165, 1.54) is 19.1 Å². The zero-order chi connectivity index (χ0) is 20.6. The number of Topliss-reactive ketones (excluding diaryl/α,β-unsaturated/α-hetero) is 2. The molecule has 0 bridgehead atoms. The Labute approximate surface area is 168 Å².